The minimum Gasteiger partial charge on any atom is -0.309 e. The SMILES string of the molecule is c1ccc(-c2ccc(-n3c4ccccc4c4ccc5c(c6ccccc6n5-c5cc(-c6cccc(-c7ccccc7)c6)nc(-c6cccc(-c7ccccc7)c6)n5)c43)cc2)cc1. The second-order valence-electron chi connectivity index (χ2n) is 15.8. The number of aromatic nitrogens is 4. The first kappa shape index (κ1) is 35.6. The molecule has 12 rings (SSSR count). The van der Waals surface area contributed by atoms with Crippen LogP contribution in [0.1, 0.15) is 0 Å². The van der Waals surface area contributed by atoms with Gasteiger partial charge in [-0.25, -0.2) is 9.97 Å². The predicted octanol–water partition coefficient (Wildman–Crippen LogP) is 15.0. The smallest absolute Gasteiger partial charge is 0.162 e. The van der Waals surface area contributed by atoms with Gasteiger partial charge in [0, 0.05) is 44.4 Å². The first-order valence-electron chi connectivity index (χ1n) is 21.1. The Kier molecular flexibility index (Phi) is 8.46. The zero-order valence-electron chi connectivity index (χ0n) is 33.7. The molecule has 3 heterocycles. The van der Waals surface area contributed by atoms with Crippen molar-refractivity contribution >= 4 is 43.6 Å². The molecule has 0 radical (unpaired) electrons. The maximum absolute atomic E-state index is 5.47. The fraction of sp³-hybridized carbons (Fsp3) is 0. The van der Waals surface area contributed by atoms with Crippen molar-refractivity contribution in [1.82, 2.24) is 19.1 Å². The van der Waals surface area contributed by atoms with Gasteiger partial charge < -0.3 is 4.57 Å². The normalized spacial score (nSPS) is 11.5. The Morgan fingerprint density at radius 2 is 0.790 bits per heavy atom. The third kappa shape index (κ3) is 6.00. The van der Waals surface area contributed by atoms with E-state index in [1.165, 1.54) is 38.3 Å². The molecule has 0 unspecified atom stereocenters. The van der Waals surface area contributed by atoms with Gasteiger partial charge in [-0.15, -0.1) is 0 Å². The monoisotopic (exact) mass is 790 g/mol. The molecule has 12 aromatic rings. The van der Waals surface area contributed by atoms with Gasteiger partial charge >= 0.3 is 0 Å². The predicted molar refractivity (Wildman–Crippen MR) is 258 cm³/mol. The number of fused-ring (bicyclic) bond motifs is 7. The van der Waals surface area contributed by atoms with Gasteiger partial charge in [-0.2, -0.15) is 0 Å². The average Bonchev–Trinajstić information content (AvgIpc) is 3.88. The van der Waals surface area contributed by atoms with Crippen LogP contribution in [-0.2, 0) is 0 Å². The number of hydrogen-bond acceptors (Lipinski definition) is 2. The average molecular weight is 791 g/mol. The van der Waals surface area contributed by atoms with E-state index in [1.54, 1.807) is 0 Å². The van der Waals surface area contributed by atoms with Crippen molar-refractivity contribution in [1.29, 1.82) is 0 Å². The fourth-order valence-electron chi connectivity index (χ4n) is 9.24. The van der Waals surface area contributed by atoms with Crippen molar-refractivity contribution in [2.75, 3.05) is 0 Å². The minimum absolute atomic E-state index is 0.667. The van der Waals surface area contributed by atoms with Crippen LogP contribution in [0.15, 0.2) is 231 Å². The second-order valence-corrected chi connectivity index (χ2v) is 15.8. The molecule has 0 saturated carbocycles. The number of para-hydroxylation sites is 2. The molecule has 9 aromatic carbocycles. The summed E-state index contributed by atoms with van der Waals surface area (Å²) >= 11 is 0. The summed E-state index contributed by atoms with van der Waals surface area (Å²) in [6.07, 6.45) is 0. The van der Waals surface area contributed by atoms with Gasteiger partial charge in [0.1, 0.15) is 5.82 Å². The molecule has 0 amide bonds. The lowest BCUT2D eigenvalue weighted by molar-refractivity contribution is 1.05. The number of hydrogen-bond donors (Lipinski definition) is 0. The molecular weight excluding hydrogens is 753 g/mol. The standard InChI is InChI=1S/C58H38N4/c1-4-16-39(17-5-1)42-30-32-47(33-31-42)61-52-28-12-10-26-48(52)49-34-35-54-56(57(49)61)50-27-11-13-29-53(50)62(54)55-38-51(45-24-14-22-43(36-45)40-18-6-2-7-19-40)59-58(60-55)46-25-15-23-44(37-46)41-20-8-3-9-21-41/h1-38H. The minimum atomic E-state index is 0.667. The van der Waals surface area contributed by atoms with E-state index in [9.17, 15) is 0 Å². The summed E-state index contributed by atoms with van der Waals surface area (Å²) < 4.78 is 4.78. The molecule has 0 spiro atoms. The molecule has 0 saturated heterocycles. The third-order valence-corrected chi connectivity index (χ3v) is 12.1. The molecule has 0 aliphatic carbocycles. The maximum Gasteiger partial charge on any atom is 0.162 e. The van der Waals surface area contributed by atoms with Gasteiger partial charge in [-0.05, 0) is 75.8 Å². The van der Waals surface area contributed by atoms with Gasteiger partial charge in [-0.1, -0.05) is 182 Å². The highest BCUT2D eigenvalue weighted by molar-refractivity contribution is 6.26. The first-order chi connectivity index (χ1) is 30.7. The van der Waals surface area contributed by atoms with Gasteiger partial charge in [0.25, 0.3) is 0 Å². The molecule has 3 aromatic heterocycles. The molecule has 0 N–H and O–H groups in total. The van der Waals surface area contributed by atoms with Gasteiger partial charge in [0.05, 0.1) is 27.8 Å². The second kappa shape index (κ2) is 14.7. The third-order valence-electron chi connectivity index (χ3n) is 12.1. The van der Waals surface area contributed by atoms with Gasteiger partial charge in [-0.3, -0.25) is 4.57 Å². The van der Waals surface area contributed by atoms with E-state index in [2.05, 4.69) is 240 Å². The van der Waals surface area contributed by atoms with Gasteiger partial charge in [0.15, 0.2) is 5.82 Å². The highest BCUT2D eigenvalue weighted by Gasteiger charge is 2.22. The number of rotatable bonds is 7. The Hall–Kier alpha value is -8.34. The van der Waals surface area contributed by atoms with Crippen LogP contribution >= 0.6 is 0 Å². The van der Waals surface area contributed by atoms with Crippen LogP contribution in [-0.4, -0.2) is 19.1 Å². The molecule has 0 aliphatic heterocycles. The van der Waals surface area contributed by atoms with E-state index in [-0.39, 0.29) is 0 Å². The maximum atomic E-state index is 5.47. The molecule has 0 bridgehead atoms. The lowest BCUT2D eigenvalue weighted by Gasteiger charge is -2.14. The molecule has 290 valence electrons. The zero-order valence-corrected chi connectivity index (χ0v) is 33.7. The van der Waals surface area contributed by atoms with Crippen LogP contribution in [0.3, 0.4) is 0 Å². The van der Waals surface area contributed by atoms with Crippen LogP contribution in [0.2, 0.25) is 0 Å². The Morgan fingerprint density at radius 3 is 1.45 bits per heavy atom. The van der Waals surface area contributed by atoms with Crippen molar-refractivity contribution in [3.8, 4) is 67.5 Å². The van der Waals surface area contributed by atoms with Crippen LogP contribution in [0.5, 0.6) is 0 Å². The molecule has 0 atom stereocenters. The highest BCUT2D eigenvalue weighted by Crippen LogP contribution is 2.42. The Labute approximate surface area is 359 Å². The quantitative estimate of drug-likeness (QED) is 0.161. The summed E-state index contributed by atoms with van der Waals surface area (Å²) in [5.41, 5.74) is 15.4. The van der Waals surface area contributed by atoms with Crippen molar-refractivity contribution in [2.45, 2.75) is 0 Å². The Balaban J connectivity index is 1.12. The summed E-state index contributed by atoms with van der Waals surface area (Å²) in [5, 5.41) is 4.77. The summed E-state index contributed by atoms with van der Waals surface area (Å²) in [6.45, 7) is 0. The number of benzene rings is 9. The molecular formula is C58H38N4. The lowest BCUT2D eigenvalue weighted by atomic mass is 10.0. The van der Waals surface area contributed by atoms with Gasteiger partial charge in [0.2, 0.25) is 0 Å². The van der Waals surface area contributed by atoms with E-state index < -0.39 is 0 Å². The summed E-state index contributed by atoms with van der Waals surface area (Å²) in [6, 6.07) is 82.1. The van der Waals surface area contributed by atoms with Crippen LogP contribution < -0.4 is 0 Å². The highest BCUT2D eigenvalue weighted by atomic mass is 15.1. The van der Waals surface area contributed by atoms with Crippen molar-refractivity contribution < 1.29 is 0 Å². The molecule has 0 fully saturated rings. The van der Waals surface area contributed by atoms with Crippen molar-refractivity contribution in [3.05, 3.63) is 231 Å². The Morgan fingerprint density at radius 1 is 0.290 bits per heavy atom. The first-order valence-corrected chi connectivity index (χ1v) is 21.1. The van der Waals surface area contributed by atoms with Crippen molar-refractivity contribution in [2.24, 2.45) is 0 Å². The molecule has 0 aliphatic rings. The van der Waals surface area contributed by atoms with Crippen LogP contribution in [0.4, 0.5) is 0 Å². The summed E-state index contributed by atoms with van der Waals surface area (Å²) in [5.74, 6) is 1.47. The summed E-state index contributed by atoms with van der Waals surface area (Å²) in [7, 11) is 0. The molecule has 62 heavy (non-hydrogen) atoms. The van der Waals surface area contributed by atoms with Crippen LogP contribution in [0, 0.1) is 0 Å². The lowest BCUT2D eigenvalue weighted by Crippen LogP contribution is -2.02. The zero-order chi connectivity index (χ0) is 41.0. The van der Waals surface area contributed by atoms with E-state index >= 15 is 0 Å². The summed E-state index contributed by atoms with van der Waals surface area (Å²) in [4.78, 5) is 10.8. The van der Waals surface area contributed by atoms with Crippen LogP contribution in [0.25, 0.3) is 111 Å². The van der Waals surface area contributed by atoms with E-state index in [0.29, 0.717) is 5.82 Å². The number of nitrogens with zero attached hydrogens (tertiary/aromatic N) is 4. The van der Waals surface area contributed by atoms with Crippen molar-refractivity contribution in [3.63, 3.8) is 0 Å². The van der Waals surface area contributed by atoms with E-state index in [0.717, 1.165) is 67.0 Å². The fourth-order valence-corrected chi connectivity index (χ4v) is 9.24. The van der Waals surface area contributed by atoms with E-state index in [1.807, 2.05) is 0 Å². The largest absolute Gasteiger partial charge is 0.309 e. The Bertz CT molecular complexity index is 3500. The van der Waals surface area contributed by atoms with E-state index in [4.69, 9.17) is 9.97 Å². The molecule has 4 heteroatoms. The topological polar surface area (TPSA) is 35.6 Å². The molecule has 4 nitrogen and oxygen atoms in total.